The van der Waals surface area contributed by atoms with Gasteiger partial charge in [-0.05, 0) is 42.9 Å². The Labute approximate surface area is 156 Å². The van der Waals surface area contributed by atoms with Gasteiger partial charge in [-0.25, -0.2) is 0 Å². The average Bonchev–Trinajstić information content (AvgIpc) is 3.45. The fourth-order valence-electron chi connectivity index (χ4n) is 3.03. The van der Waals surface area contributed by atoms with E-state index < -0.39 is 0 Å². The summed E-state index contributed by atoms with van der Waals surface area (Å²) in [6.45, 7) is 2.10. The van der Waals surface area contributed by atoms with E-state index in [9.17, 15) is 4.79 Å². The quantitative estimate of drug-likeness (QED) is 0.716. The summed E-state index contributed by atoms with van der Waals surface area (Å²) in [7, 11) is 0. The predicted molar refractivity (Wildman–Crippen MR) is 105 cm³/mol. The molecule has 0 aromatic heterocycles. The Morgan fingerprint density at radius 1 is 0.960 bits per heavy atom. The van der Waals surface area contributed by atoms with Gasteiger partial charge in [0.25, 0.3) is 0 Å². The third kappa shape index (κ3) is 6.52. The second kappa shape index (κ2) is 10.2. The van der Waals surface area contributed by atoms with Crippen LogP contribution in [-0.4, -0.2) is 25.5 Å². The minimum Gasteiger partial charge on any atom is -0.355 e. The molecule has 0 heterocycles. The first-order valence-electron chi connectivity index (χ1n) is 8.90. The van der Waals surface area contributed by atoms with E-state index in [1.54, 1.807) is 0 Å². The molecule has 1 aliphatic rings. The van der Waals surface area contributed by atoms with Gasteiger partial charge in [0.05, 0.1) is 6.54 Å². The Balaban J connectivity index is 0.00000225. The maximum absolute atomic E-state index is 11.9. The van der Waals surface area contributed by atoms with Crippen molar-refractivity contribution < 1.29 is 4.79 Å². The molecular weight excluding hydrogens is 332 g/mol. The molecule has 2 aromatic rings. The van der Waals surface area contributed by atoms with Gasteiger partial charge in [-0.3, -0.25) is 4.79 Å². The summed E-state index contributed by atoms with van der Waals surface area (Å²) in [6.07, 6.45) is 3.53. The van der Waals surface area contributed by atoms with Crippen LogP contribution >= 0.6 is 12.4 Å². The van der Waals surface area contributed by atoms with Gasteiger partial charge in [0.2, 0.25) is 5.91 Å². The summed E-state index contributed by atoms with van der Waals surface area (Å²) in [5, 5.41) is 6.28. The van der Waals surface area contributed by atoms with Gasteiger partial charge in [-0.2, -0.15) is 0 Å². The van der Waals surface area contributed by atoms with Crippen molar-refractivity contribution in [1.29, 1.82) is 0 Å². The zero-order valence-electron chi connectivity index (χ0n) is 14.5. The summed E-state index contributed by atoms with van der Waals surface area (Å²) >= 11 is 0. The topological polar surface area (TPSA) is 41.1 Å². The molecule has 1 fully saturated rings. The molecule has 2 N–H and O–H groups in total. The van der Waals surface area contributed by atoms with Crippen molar-refractivity contribution in [1.82, 2.24) is 10.6 Å². The Kier molecular flexibility index (Phi) is 7.96. The van der Waals surface area contributed by atoms with Crippen molar-refractivity contribution >= 4 is 18.3 Å². The second-order valence-electron chi connectivity index (χ2n) is 6.59. The van der Waals surface area contributed by atoms with E-state index in [0.717, 1.165) is 18.9 Å². The van der Waals surface area contributed by atoms with Gasteiger partial charge in [0.15, 0.2) is 0 Å². The maximum atomic E-state index is 11.9. The lowest BCUT2D eigenvalue weighted by Gasteiger charge is -2.18. The van der Waals surface area contributed by atoms with E-state index in [1.165, 1.54) is 24.0 Å². The van der Waals surface area contributed by atoms with Crippen molar-refractivity contribution in [2.75, 3.05) is 19.6 Å². The van der Waals surface area contributed by atoms with E-state index in [0.29, 0.717) is 19.0 Å². The van der Waals surface area contributed by atoms with E-state index in [-0.39, 0.29) is 18.3 Å². The number of carbonyl (C=O) groups excluding carboxylic acids is 1. The lowest BCUT2D eigenvalue weighted by Crippen LogP contribution is -2.35. The molecule has 1 aliphatic carbocycles. The molecule has 1 amide bonds. The third-order valence-corrected chi connectivity index (χ3v) is 4.57. The van der Waals surface area contributed by atoms with Crippen LogP contribution in [0.3, 0.4) is 0 Å². The average molecular weight is 359 g/mol. The van der Waals surface area contributed by atoms with Crippen LogP contribution < -0.4 is 10.6 Å². The van der Waals surface area contributed by atoms with Crippen molar-refractivity contribution in [3.05, 3.63) is 71.8 Å². The fraction of sp³-hybridized carbons (Fsp3) is 0.381. The van der Waals surface area contributed by atoms with Crippen LogP contribution in [0, 0.1) is 5.92 Å². The molecule has 0 aliphatic heterocycles. The number of hydrogen-bond acceptors (Lipinski definition) is 2. The predicted octanol–water partition coefficient (Wildman–Crippen LogP) is 3.75. The Morgan fingerprint density at radius 2 is 1.52 bits per heavy atom. The Morgan fingerprint density at radius 3 is 2.04 bits per heavy atom. The summed E-state index contributed by atoms with van der Waals surface area (Å²) in [4.78, 5) is 11.9. The van der Waals surface area contributed by atoms with Crippen LogP contribution in [0.15, 0.2) is 60.7 Å². The number of amides is 1. The van der Waals surface area contributed by atoms with Crippen molar-refractivity contribution in [2.24, 2.45) is 5.92 Å². The summed E-state index contributed by atoms with van der Waals surface area (Å²) in [5.41, 5.74) is 2.59. The zero-order chi connectivity index (χ0) is 16.6. The largest absolute Gasteiger partial charge is 0.355 e. The van der Waals surface area contributed by atoms with Crippen LogP contribution in [0.4, 0.5) is 0 Å². The van der Waals surface area contributed by atoms with Gasteiger partial charge >= 0.3 is 0 Å². The number of nitrogens with one attached hydrogen (secondary N) is 2. The van der Waals surface area contributed by atoms with Crippen molar-refractivity contribution in [3.63, 3.8) is 0 Å². The Bertz CT molecular complexity index is 589. The highest BCUT2D eigenvalue weighted by molar-refractivity contribution is 5.85. The van der Waals surface area contributed by atoms with Gasteiger partial charge < -0.3 is 10.6 Å². The van der Waals surface area contributed by atoms with Crippen LogP contribution in [0.5, 0.6) is 0 Å². The summed E-state index contributed by atoms with van der Waals surface area (Å²) < 4.78 is 0. The first-order valence-corrected chi connectivity index (χ1v) is 8.90. The van der Waals surface area contributed by atoms with Crippen molar-refractivity contribution in [3.8, 4) is 0 Å². The fourth-order valence-corrected chi connectivity index (χ4v) is 3.03. The van der Waals surface area contributed by atoms with Crippen LogP contribution in [0.2, 0.25) is 0 Å². The molecule has 0 atom stereocenters. The lowest BCUT2D eigenvalue weighted by atomic mass is 9.88. The molecule has 0 saturated heterocycles. The van der Waals surface area contributed by atoms with Crippen molar-refractivity contribution in [2.45, 2.75) is 25.2 Å². The van der Waals surface area contributed by atoms with Gasteiger partial charge in [-0.1, -0.05) is 60.7 Å². The molecule has 0 radical (unpaired) electrons. The molecule has 0 spiro atoms. The van der Waals surface area contributed by atoms with Gasteiger partial charge in [0, 0.05) is 12.5 Å². The minimum atomic E-state index is 0. The smallest absolute Gasteiger partial charge is 0.233 e. The molecule has 25 heavy (non-hydrogen) atoms. The molecular formula is C21H27ClN2O. The van der Waals surface area contributed by atoms with E-state index in [2.05, 4.69) is 59.2 Å². The third-order valence-electron chi connectivity index (χ3n) is 4.57. The number of carbonyl (C=O) groups is 1. The highest BCUT2D eigenvalue weighted by Crippen LogP contribution is 2.28. The minimum absolute atomic E-state index is 0. The standard InChI is InChI=1S/C21H26N2O.ClH/c24-21(16-22-15-17-11-12-17)23-14-13-20(18-7-3-1-4-8-18)19-9-5-2-6-10-19;/h1-10,17,20,22H,11-16H2,(H,23,24);1H. The highest BCUT2D eigenvalue weighted by atomic mass is 35.5. The number of rotatable bonds is 9. The molecule has 3 nitrogen and oxygen atoms in total. The normalized spacial score (nSPS) is 13.3. The van der Waals surface area contributed by atoms with Gasteiger partial charge in [0.1, 0.15) is 0 Å². The molecule has 4 heteroatoms. The molecule has 134 valence electrons. The van der Waals surface area contributed by atoms with Crippen LogP contribution in [-0.2, 0) is 4.79 Å². The Hall–Kier alpha value is -1.84. The van der Waals surface area contributed by atoms with Gasteiger partial charge in [-0.15, -0.1) is 12.4 Å². The summed E-state index contributed by atoms with van der Waals surface area (Å²) in [5.74, 6) is 1.21. The molecule has 1 saturated carbocycles. The molecule has 2 aromatic carbocycles. The molecule has 0 bridgehead atoms. The summed E-state index contributed by atoms with van der Waals surface area (Å²) in [6, 6.07) is 21.0. The highest BCUT2D eigenvalue weighted by Gasteiger charge is 2.20. The second-order valence-corrected chi connectivity index (χ2v) is 6.59. The van der Waals surface area contributed by atoms with Crippen LogP contribution in [0.1, 0.15) is 36.3 Å². The van der Waals surface area contributed by atoms with E-state index in [4.69, 9.17) is 0 Å². The van der Waals surface area contributed by atoms with E-state index >= 15 is 0 Å². The number of halogens is 1. The number of hydrogen-bond donors (Lipinski definition) is 2. The first-order chi connectivity index (χ1) is 11.8. The SMILES string of the molecule is Cl.O=C(CNCC1CC1)NCCC(c1ccccc1)c1ccccc1. The number of benzene rings is 2. The van der Waals surface area contributed by atoms with Crippen LogP contribution in [0.25, 0.3) is 0 Å². The molecule has 0 unspecified atom stereocenters. The molecule has 3 rings (SSSR count). The first kappa shape index (κ1) is 19.5. The monoisotopic (exact) mass is 358 g/mol. The zero-order valence-corrected chi connectivity index (χ0v) is 15.3. The van der Waals surface area contributed by atoms with E-state index in [1.807, 2.05) is 12.1 Å². The lowest BCUT2D eigenvalue weighted by molar-refractivity contribution is -0.120. The maximum Gasteiger partial charge on any atom is 0.233 e.